The molecule has 0 spiro atoms. The zero-order valence-corrected chi connectivity index (χ0v) is 10.0. The second-order valence-electron chi connectivity index (χ2n) is 4.33. The first kappa shape index (κ1) is 11.0. The molecule has 4 heteroatoms. The van der Waals surface area contributed by atoms with Gasteiger partial charge in [0.05, 0.1) is 11.2 Å². The third-order valence-corrected chi connectivity index (χ3v) is 3.76. The van der Waals surface area contributed by atoms with Gasteiger partial charge in [0.25, 0.3) is 0 Å². The minimum Gasteiger partial charge on any atom is -0.316 e. The molecule has 1 aromatic rings. The summed E-state index contributed by atoms with van der Waals surface area (Å²) in [5, 5.41) is 9.07. The van der Waals surface area contributed by atoms with Crippen molar-refractivity contribution in [3.8, 4) is 0 Å². The lowest BCUT2D eigenvalue weighted by atomic mass is 9.98. The van der Waals surface area contributed by atoms with Crippen molar-refractivity contribution in [2.75, 3.05) is 26.2 Å². The quantitative estimate of drug-likeness (QED) is 0.738. The molecule has 1 saturated heterocycles. The molecule has 2 N–H and O–H groups in total. The summed E-state index contributed by atoms with van der Waals surface area (Å²) < 4.78 is 0. The van der Waals surface area contributed by atoms with Crippen molar-refractivity contribution in [2.24, 2.45) is 11.8 Å². The van der Waals surface area contributed by atoms with E-state index in [1.54, 1.807) is 11.3 Å². The lowest BCUT2D eigenvalue weighted by Gasteiger charge is -2.14. The highest BCUT2D eigenvalue weighted by Crippen LogP contribution is 2.14. The molecule has 0 bridgehead atoms. The molecule has 3 nitrogen and oxygen atoms in total. The van der Waals surface area contributed by atoms with Crippen LogP contribution in [0.3, 0.4) is 0 Å². The Balaban J connectivity index is 1.59. The molecule has 1 aliphatic heterocycles. The van der Waals surface area contributed by atoms with E-state index in [9.17, 15) is 0 Å². The first-order chi connectivity index (χ1) is 7.36. The van der Waals surface area contributed by atoms with Crippen LogP contribution in [0.1, 0.15) is 12.6 Å². The van der Waals surface area contributed by atoms with Crippen LogP contribution in [0.15, 0.2) is 10.9 Å². The van der Waals surface area contributed by atoms with Crippen LogP contribution in [0, 0.1) is 11.8 Å². The Morgan fingerprint density at radius 1 is 1.60 bits per heavy atom. The number of rotatable bonds is 5. The fraction of sp³-hybridized carbons (Fsp3) is 0.727. The standard InChI is InChI=1S/C11H19N3S/c1-9-4-13-6-10(9)5-12-3-2-11-7-15-8-14-11/h7-10,12-13H,2-6H2,1H3/t9-,10-/m1/s1. The Bertz CT molecular complexity index is 273. The monoisotopic (exact) mass is 225 g/mol. The zero-order chi connectivity index (χ0) is 10.5. The fourth-order valence-electron chi connectivity index (χ4n) is 2.00. The van der Waals surface area contributed by atoms with Gasteiger partial charge >= 0.3 is 0 Å². The van der Waals surface area contributed by atoms with Gasteiger partial charge in [-0.05, 0) is 31.5 Å². The number of nitrogens with one attached hydrogen (secondary N) is 2. The van der Waals surface area contributed by atoms with E-state index in [0.717, 1.165) is 31.3 Å². The van der Waals surface area contributed by atoms with E-state index in [4.69, 9.17) is 0 Å². The van der Waals surface area contributed by atoms with Crippen molar-refractivity contribution in [3.05, 3.63) is 16.6 Å². The summed E-state index contributed by atoms with van der Waals surface area (Å²) in [6, 6.07) is 0. The first-order valence-electron chi connectivity index (χ1n) is 5.65. The molecular weight excluding hydrogens is 206 g/mol. The summed E-state index contributed by atoms with van der Waals surface area (Å²) in [5.74, 6) is 1.62. The maximum absolute atomic E-state index is 4.27. The molecule has 0 aliphatic carbocycles. The van der Waals surface area contributed by atoms with Crippen molar-refractivity contribution in [1.29, 1.82) is 0 Å². The second-order valence-corrected chi connectivity index (χ2v) is 5.05. The Morgan fingerprint density at radius 3 is 3.20 bits per heavy atom. The van der Waals surface area contributed by atoms with Crippen LogP contribution in [0.25, 0.3) is 0 Å². The molecule has 2 heterocycles. The summed E-state index contributed by atoms with van der Waals surface area (Å²) in [4.78, 5) is 4.27. The van der Waals surface area contributed by atoms with Gasteiger partial charge in [0.15, 0.2) is 0 Å². The van der Waals surface area contributed by atoms with Crippen molar-refractivity contribution in [3.63, 3.8) is 0 Å². The SMILES string of the molecule is C[C@@H]1CNC[C@H]1CNCCc1cscn1. The lowest BCUT2D eigenvalue weighted by molar-refractivity contribution is 0.422. The predicted octanol–water partition coefficient (Wildman–Crippen LogP) is 1.13. The Morgan fingerprint density at radius 2 is 2.53 bits per heavy atom. The van der Waals surface area contributed by atoms with Gasteiger partial charge in [-0.15, -0.1) is 11.3 Å². The third kappa shape index (κ3) is 3.26. The zero-order valence-electron chi connectivity index (χ0n) is 9.20. The average Bonchev–Trinajstić information content (AvgIpc) is 2.85. The molecule has 2 rings (SSSR count). The molecule has 0 saturated carbocycles. The highest BCUT2D eigenvalue weighted by atomic mass is 32.1. The van der Waals surface area contributed by atoms with Crippen LogP contribution in [-0.4, -0.2) is 31.2 Å². The predicted molar refractivity (Wildman–Crippen MR) is 64.2 cm³/mol. The van der Waals surface area contributed by atoms with E-state index >= 15 is 0 Å². The second kappa shape index (κ2) is 5.58. The number of thiazole rings is 1. The minimum absolute atomic E-state index is 0.806. The number of hydrogen-bond donors (Lipinski definition) is 2. The molecule has 1 aromatic heterocycles. The molecule has 0 amide bonds. The van der Waals surface area contributed by atoms with E-state index in [-0.39, 0.29) is 0 Å². The van der Waals surface area contributed by atoms with Crippen LogP contribution in [0.2, 0.25) is 0 Å². The topological polar surface area (TPSA) is 37.0 Å². The largest absolute Gasteiger partial charge is 0.316 e. The maximum Gasteiger partial charge on any atom is 0.0794 e. The highest BCUT2D eigenvalue weighted by Gasteiger charge is 2.21. The van der Waals surface area contributed by atoms with E-state index in [1.807, 2.05) is 5.51 Å². The van der Waals surface area contributed by atoms with Gasteiger partial charge in [-0.1, -0.05) is 6.92 Å². The highest BCUT2D eigenvalue weighted by molar-refractivity contribution is 7.07. The van der Waals surface area contributed by atoms with Gasteiger partial charge in [0.1, 0.15) is 0 Å². The van der Waals surface area contributed by atoms with Gasteiger partial charge in [0, 0.05) is 18.3 Å². The lowest BCUT2D eigenvalue weighted by Crippen LogP contribution is -2.28. The molecule has 84 valence electrons. The average molecular weight is 225 g/mol. The minimum atomic E-state index is 0.806. The molecule has 0 radical (unpaired) electrons. The normalized spacial score (nSPS) is 25.9. The van der Waals surface area contributed by atoms with Crippen LogP contribution in [0.4, 0.5) is 0 Å². The van der Waals surface area contributed by atoms with Gasteiger partial charge in [0.2, 0.25) is 0 Å². The summed E-state index contributed by atoms with van der Waals surface area (Å²) in [6.07, 6.45) is 1.05. The number of hydrogen-bond acceptors (Lipinski definition) is 4. The molecule has 1 aliphatic rings. The third-order valence-electron chi connectivity index (χ3n) is 3.13. The van der Waals surface area contributed by atoms with E-state index in [0.29, 0.717) is 0 Å². The van der Waals surface area contributed by atoms with Crippen molar-refractivity contribution in [1.82, 2.24) is 15.6 Å². The molecule has 0 aromatic carbocycles. The van der Waals surface area contributed by atoms with Crippen LogP contribution in [-0.2, 0) is 6.42 Å². The van der Waals surface area contributed by atoms with Crippen LogP contribution < -0.4 is 10.6 Å². The van der Waals surface area contributed by atoms with Gasteiger partial charge in [-0.3, -0.25) is 0 Å². The molecule has 0 unspecified atom stereocenters. The van der Waals surface area contributed by atoms with Gasteiger partial charge in [-0.2, -0.15) is 0 Å². The Hall–Kier alpha value is -0.450. The van der Waals surface area contributed by atoms with Gasteiger partial charge < -0.3 is 10.6 Å². The number of nitrogens with zero attached hydrogens (tertiary/aromatic N) is 1. The summed E-state index contributed by atoms with van der Waals surface area (Å²) in [6.45, 7) is 6.86. The maximum atomic E-state index is 4.27. The van der Waals surface area contributed by atoms with Crippen LogP contribution >= 0.6 is 11.3 Å². The molecule has 15 heavy (non-hydrogen) atoms. The molecule has 1 fully saturated rings. The molecule has 2 atom stereocenters. The first-order valence-corrected chi connectivity index (χ1v) is 6.59. The molecular formula is C11H19N3S. The van der Waals surface area contributed by atoms with E-state index < -0.39 is 0 Å². The summed E-state index contributed by atoms with van der Waals surface area (Å²) in [5.41, 5.74) is 3.11. The van der Waals surface area contributed by atoms with E-state index in [2.05, 4.69) is 27.9 Å². The summed E-state index contributed by atoms with van der Waals surface area (Å²) >= 11 is 1.67. The number of aromatic nitrogens is 1. The van der Waals surface area contributed by atoms with E-state index in [1.165, 1.54) is 18.8 Å². The Kier molecular flexibility index (Phi) is 4.11. The van der Waals surface area contributed by atoms with Gasteiger partial charge in [-0.25, -0.2) is 4.98 Å². The van der Waals surface area contributed by atoms with Crippen molar-refractivity contribution in [2.45, 2.75) is 13.3 Å². The van der Waals surface area contributed by atoms with Crippen molar-refractivity contribution >= 4 is 11.3 Å². The smallest absolute Gasteiger partial charge is 0.0794 e. The fourth-order valence-corrected chi connectivity index (χ4v) is 2.60. The Labute approximate surface area is 95.3 Å². The van der Waals surface area contributed by atoms with Crippen LogP contribution in [0.5, 0.6) is 0 Å². The summed E-state index contributed by atoms with van der Waals surface area (Å²) in [7, 11) is 0. The van der Waals surface area contributed by atoms with Crippen molar-refractivity contribution < 1.29 is 0 Å².